The number of anilines is 3. The van der Waals surface area contributed by atoms with Crippen molar-refractivity contribution in [2.45, 2.75) is 6.92 Å². The first-order chi connectivity index (χ1) is 5.24. The van der Waals surface area contributed by atoms with Crippen LogP contribution in [0, 0.1) is 0 Å². The van der Waals surface area contributed by atoms with Crippen LogP contribution in [0.4, 0.5) is 17.5 Å². The van der Waals surface area contributed by atoms with Crippen LogP contribution in [0.2, 0.25) is 0 Å². The predicted molar refractivity (Wildman–Crippen MR) is 45.0 cm³/mol. The van der Waals surface area contributed by atoms with Crippen molar-refractivity contribution in [2.75, 3.05) is 23.3 Å². The average molecular weight is 153 g/mol. The summed E-state index contributed by atoms with van der Waals surface area (Å²) in [4.78, 5) is 7.79. The number of rotatable bonds is 2. The minimum atomic E-state index is 0.316. The third kappa shape index (κ3) is 1.70. The van der Waals surface area contributed by atoms with Gasteiger partial charge in [-0.05, 0) is 6.92 Å². The summed E-state index contributed by atoms with van der Waals surface area (Å²) in [6, 6.07) is 0. The van der Waals surface area contributed by atoms with Gasteiger partial charge < -0.3 is 16.8 Å². The average Bonchev–Trinajstić information content (AvgIpc) is 1.98. The fourth-order valence-electron chi connectivity index (χ4n) is 0.648. The largest absolute Gasteiger partial charge is 0.394 e. The number of nitrogens with two attached hydrogens (primary N) is 2. The van der Waals surface area contributed by atoms with Crippen LogP contribution in [0.15, 0.2) is 6.20 Å². The lowest BCUT2D eigenvalue weighted by molar-refractivity contribution is 1.09. The van der Waals surface area contributed by atoms with Gasteiger partial charge in [0, 0.05) is 6.54 Å². The van der Waals surface area contributed by atoms with E-state index in [9.17, 15) is 0 Å². The lowest BCUT2D eigenvalue weighted by atomic mass is 10.5. The molecule has 0 saturated heterocycles. The Labute approximate surface area is 64.8 Å². The Morgan fingerprint density at radius 2 is 2.27 bits per heavy atom. The molecule has 60 valence electrons. The van der Waals surface area contributed by atoms with Gasteiger partial charge in [0.2, 0.25) is 5.95 Å². The summed E-state index contributed by atoms with van der Waals surface area (Å²) in [6.07, 6.45) is 1.49. The molecule has 0 spiro atoms. The van der Waals surface area contributed by atoms with E-state index in [1.807, 2.05) is 6.92 Å². The molecule has 0 aliphatic rings. The van der Waals surface area contributed by atoms with E-state index in [-0.39, 0.29) is 0 Å². The molecule has 1 rings (SSSR count). The van der Waals surface area contributed by atoms with Crippen molar-refractivity contribution >= 4 is 17.5 Å². The molecule has 0 fully saturated rings. The second-order valence-corrected chi connectivity index (χ2v) is 2.06. The van der Waals surface area contributed by atoms with E-state index in [0.717, 1.165) is 6.54 Å². The Morgan fingerprint density at radius 3 is 2.82 bits per heavy atom. The van der Waals surface area contributed by atoms with Crippen molar-refractivity contribution in [3.8, 4) is 0 Å². The van der Waals surface area contributed by atoms with Crippen LogP contribution in [0.1, 0.15) is 6.92 Å². The van der Waals surface area contributed by atoms with Crippen molar-refractivity contribution in [1.29, 1.82) is 0 Å². The van der Waals surface area contributed by atoms with E-state index in [0.29, 0.717) is 17.5 Å². The molecule has 11 heavy (non-hydrogen) atoms. The molecule has 0 amide bonds. The van der Waals surface area contributed by atoms with Crippen molar-refractivity contribution in [1.82, 2.24) is 9.97 Å². The van der Waals surface area contributed by atoms with Crippen molar-refractivity contribution < 1.29 is 0 Å². The summed E-state index contributed by atoms with van der Waals surface area (Å²) in [5.74, 6) is 0.829. The monoisotopic (exact) mass is 153 g/mol. The summed E-state index contributed by atoms with van der Waals surface area (Å²) >= 11 is 0. The number of nitrogen functional groups attached to an aromatic ring is 2. The summed E-state index contributed by atoms with van der Waals surface area (Å²) in [6.45, 7) is 2.72. The molecule has 1 aromatic rings. The van der Waals surface area contributed by atoms with E-state index in [4.69, 9.17) is 11.5 Å². The van der Waals surface area contributed by atoms with Gasteiger partial charge in [-0.25, -0.2) is 4.98 Å². The summed E-state index contributed by atoms with van der Waals surface area (Å²) < 4.78 is 0. The third-order valence-electron chi connectivity index (χ3n) is 1.18. The highest BCUT2D eigenvalue weighted by Gasteiger charge is 1.97. The van der Waals surface area contributed by atoms with E-state index in [1.54, 1.807) is 0 Å². The molecule has 5 nitrogen and oxygen atoms in total. The standard InChI is InChI=1S/C6H11N5/c1-2-9-6-10-3-4(7)5(8)11-6/h3H,2,7H2,1H3,(H3,8,9,10,11). The van der Waals surface area contributed by atoms with Crippen LogP contribution in [-0.4, -0.2) is 16.5 Å². The van der Waals surface area contributed by atoms with Crippen LogP contribution in [0.3, 0.4) is 0 Å². The van der Waals surface area contributed by atoms with Crippen molar-refractivity contribution in [2.24, 2.45) is 0 Å². The zero-order valence-corrected chi connectivity index (χ0v) is 6.33. The molecule has 1 aromatic heterocycles. The fourth-order valence-corrected chi connectivity index (χ4v) is 0.648. The topological polar surface area (TPSA) is 89.8 Å². The zero-order chi connectivity index (χ0) is 8.27. The summed E-state index contributed by atoms with van der Waals surface area (Å²) in [5.41, 5.74) is 11.3. The summed E-state index contributed by atoms with van der Waals surface area (Å²) in [5, 5.41) is 2.92. The zero-order valence-electron chi connectivity index (χ0n) is 6.33. The molecule has 1 heterocycles. The normalized spacial score (nSPS) is 9.55. The Balaban J connectivity index is 2.86. The van der Waals surface area contributed by atoms with Crippen LogP contribution in [-0.2, 0) is 0 Å². The minimum absolute atomic E-state index is 0.316. The van der Waals surface area contributed by atoms with E-state index >= 15 is 0 Å². The first-order valence-electron chi connectivity index (χ1n) is 3.36. The predicted octanol–water partition coefficient (Wildman–Crippen LogP) is 0.0728. The van der Waals surface area contributed by atoms with Gasteiger partial charge in [0.15, 0.2) is 5.82 Å². The number of hydrogen-bond donors (Lipinski definition) is 3. The highest BCUT2D eigenvalue weighted by atomic mass is 15.1. The number of aromatic nitrogens is 2. The van der Waals surface area contributed by atoms with E-state index in [1.165, 1.54) is 6.20 Å². The van der Waals surface area contributed by atoms with Gasteiger partial charge in [-0.2, -0.15) is 4.98 Å². The fraction of sp³-hybridized carbons (Fsp3) is 0.333. The van der Waals surface area contributed by atoms with Crippen LogP contribution >= 0.6 is 0 Å². The molecule has 0 aromatic carbocycles. The van der Waals surface area contributed by atoms with Gasteiger partial charge in [0.1, 0.15) is 0 Å². The van der Waals surface area contributed by atoms with Crippen LogP contribution in [0.5, 0.6) is 0 Å². The second kappa shape index (κ2) is 3.05. The molecule has 5 N–H and O–H groups in total. The maximum atomic E-state index is 5.43. The van der Waals surface area contributed by atoms with E-state index in [2.05, 4.69) is 15.3 Å². The quantitative estimate of drug-likeness (QED) is 0.559. The highest BCUT2D eigenvalue weighted by Crippen LogP contribution is 2.10. The van der Waals surface area contributed by atoms with Gasteiger partial charge in [0.05, 0.1) is 11.9 Å². The molecule has 0 bridgehead atoms. The van der Waals surface area contributed by atoms with Crippen LogP contribution in [0.25, 0.3) is 0 Å². The Kier molecular flexibility index (Phi) is 2.10. The number of nitrogens with one attached hydrogen (secondary N) is 1. The van der Waals surface area contributed by atoms with Gasteiger partial charge in [0.25, 0.3) is 0 Å². The Morgan fingerprint density at radius 1 is 1.55 bits per heavy atom. The van der Waals surface area contributed by atoms with Crippen molar-refractivity contribution in [3.63, 3.8) is 0 Å². The smallest absolute Gasteiger partial charge is 0.224 e. The molecule has 0 aliphatic heterocycles. The molecule has 0 saturated carbocycles. The Hall–Kier alpha value is -1.52. The molecule has 0 radical (unpaired) electrons. The number of hydrogen-bond acceptors (Lipinski definition) is 5. The number of nitrogens with zero attached hydrogens (tertiary/aromatic N) is 2. The maximum Gasteiger partial charge on any atom is 0.224 e. The van der Waals surface area contributed by atoms with Gasteiger partial charge in [-0.3, -0.25) is 0 Å². The second-order valence-electron chi connectivity index (χ2n) is 2.06. The van der Waals surface area contributed by atoms with E-state index < -0.39 is 0 Å². The van der Waals surface area contributed by atoms with Gasteiger partial charge in [-0.1, -0.05) is 0 Å². The SMILES string of the molecule is CCNc1ncc(N)c(N)n1. The molecule has 5 heteroatoms. The molecule has 0 aliphatic carbocycles. The molecule has 0 atom stereocenters. The van der Waals surface area contributed by atoms with Crippen LogP contribution < -0.4 is 16.8 Å². The first-order valence-corrected chi connectivity index (χ1v) is 3.36. The maximum absolute atomic E-state index is 5.43. The lowest BCUT2D eigenvalue weighted by Gasteiger charge is -2.02. The molecular weight excluding hydrogens is 142 g/mol. The molecular formula is C6H11N5. The third-order valence-corrected chi connectivity index (χ3v) is 1.18. The summed E-state index contributed by atoms with van der Waals surface area (Å²) in [7, 11) is 0. The van der Waals surface area contributed by atoms with Crippen molar-refractivity contribution in [3.05, 3.63) is 6.20 Å². The molecule has 0 unspecified atom stereocenters. The lowest BCUT2D eigenvalue weighted by Crippen LogP contribution is -2.05. The Bertz CT molecular complexity index is 247. The first kappa shape index (κ1) is 7.59. The van der Waals surface area contributed by atoms with Gasteiger partial charge in [-0.15, -0.1) is 0 Å². The minimum Gasteiger partial charge on any atom is -0.394 e. The highest BCUT2D eigenvalue weighted by molar-refractivity contribution is 5.58. The van der Waals surface area contributed by atoms with Gasteiger partial charge >= 0.3 is 0 Å².